The fourth-order valence-corrected chi connectivity index (χ4v) is 2.79. The highest BCUT2D eigenvalue weighted by atomic mass is 15.1. The van der Waals surface area contributed by atoms with Gasteiger partial charge in [0.1, 0.15) is 0 Å². The van der Waals surface area contributed by atoms with Gasteiger partial charge in [0.05, 0.1) is 0 Å². The molecular formula is C10H20N2. The van der Waals surface area contributed by atoms with Crippen LogP contribution in [-0.2, 0) is 0 Å². The van der Waals surface area contributed by atoms with Crippen molar-refractivity contribution >= 4 is 0 Å². The summed E-state index contributed by atoms with van der Waals surface area (Å²) in [6, 6.07) is 0. The molecule has 0 bridgehead atoms. The average Bonchev–Trinajstić information content (AvgIpc) is 2.39. The van der Waals surface area contributed by atoms with Gasteiger partial charge in [-0.25, -0.2) is 0 Å². The molecule has 0 aromatic carbocycles. The van der Waals surface area contributed by atoms with Gasteiger partial charge < -0.3 is 10.2 Å². The quantitative estimate of drug-likeness (QED) is 0.582. The van der Waals surface area contributed by atoms with Crippen molar-refractivity contribution in [3.63, 3.8) is 0 Å². The van der Waals surface area contributed by atoms with Crippen LogP contribution in [0.1, 0.15) is 25.7 Å². The van der Waals surface area contributed by atoms with Crippen LogP contribution >= 0.6 is 0 Å². The molecule has 1 saturated heterocycles. The second-order valence-electron chi connectivity index (χ2n) is 4.62. The number of hydrogen-bond acceptors (Lipinski definition) is 2. The van der Waals surface area contributed by atoms with E-state index < -0.39 is 0 Å². The Labute approximate surface area is 75.3 Å². The first-order valence-corrected chi connectivity index (χ1v) is 5.20. The summed E-state index contributed by atoms with van der Waals surface area (Å²) in [7, 11) is 2.26. The van der Waals surface area contributed by atoms with E-state index in [2.05, 4.69) is 17.3 Å². The summed E-state index contributed by atoms with van der Waals surface area (Å²) < 4.78 is 0. The second-order valence-corrected chi connectivity index (χ2v) is 4.62. The number of hydrogen-bond donors (Lipinski definition) is 1. The number of likely N-dealkylation sites (N-methyl/N-ethyl adjacent to an activating group) is 1. The maximum Gasteiger partial charge on any atom is 0.0104 e. The zero-order valence-electron chi connectivity index (χ0n) is 8.10. The smallest absolute Gasteiger partial charge is 0.0104 e. The van der Waals surface area contributed by atoms with Gasteiger partial charge >= 0.3 is 0 Å². The van der Waals surface area contributed by atoms with Crippen molar-refractivity contribution in [2.24, 2.45) is 5.41 Å². The third-order valence-corrected chi connectivity index (χ3v) is 3.44. The van der Waals surface area contributed by atoms with Crippen LogP contribution in [0.4, 0.5) is 0 Å². The Morgan fingerprint density at radius 1 is 1.25 bits per heavy atom. The van der Waals surface area contributed by atoms with Crippen LogP contribution in [0.2, 0.25) is 0 Å². The lowest BCUT2D eigenvalue weighted by molar-refractivity contribution is 0.206. The van der Waals surface area contributed by atoms with Crippen molar-refractivity contribution in [2.75, 3.05) is 33.2 Å². The molecule has 0 aromatic rings. The van der Waals surface area contributed by atoms with Gasteiger partial charge in [0, 0.05) is 26.2 Å². The summed E-state index contributed by atoms with van der Waals surface area (Å²) >= 11 is 0. The molecular weight excluding hydrogens is 148 g/mol. The zero-order chi connectivity index (χ0) is 8.44. The Balaban J connectivity index is 2.02. The molecule has 1 aliphatic carbocycles. The average molecular weight is 168 g/mol. The van der Waals surface area contributed by atoms with E-state index in [9.17, 15) is 0 Å². The van der Waals surface area contributed by atoms with E-state index in [4.69, 9.17) is 0 Å². The van der Waals surface area contributed by atoms with E-state index in [0.717, 1.165) is 0 Å². The third-order valence-electron chi connectivity index (χ3n) is 3.44. The Morgan fingerprint density at radius 3 is 2.75 bits per heavy atom. The minimum Gasteiger partial charge on any atom is -0.315 e. The molecule has 1 saturated carbocycles. The monoisotopic (exact) mass is 168 g/mol. The molecule has 2 aliphatic rings. The highest BCUT2D eigenvalue weighted by Crippen LogP contribution is 2.38. The van der Waals surface area contributed by atoms with Crippen LogP contribution in [-0.4, -0.2) is 38.1 Å². The lowest BCUT2D eigenvalue weighted by Gasteiger charge is -2.30. The minimum absolute atomic E-state index is 0.644. The fraction of sp³-hybridized carbons (Fsp3) is 1.00. The van der Waals surface area contributed by atoms with Crippen molar-refractivity contribution in [3.05, 3.63) is 0 Å². The summed E-state index contributed by atoms with van der Waals surface area (Å²) in [5.74, 6) is 0. The molecule has 0 unspecified atom stereocenters. The Kier molecular flexibility index (Phi) is 2.37. The maximum absolute atomic E-state index is 3.57. The number of nitrogens with one attached hydrogen (secondary N) is 1. The van der Waals surface area contributed by atoms with Crippen LogP contribution in [0, 0.1) is 5.41 Å². The van der Waals surface area contributed by atoms with Crippen LogP contribution in [0.5, 0.6) is 0 Å². The molecule has 2 heteroatoms. The third kappa shape index (κ3) is 1.64. The van der Waals surface area contributed by atoms with Gasteiger partial charge in [0.15, 0.2) is 0 Å². The summed E-state index contributed by atoms with van der Waals surface area (Å²) in [4.78, 5) is 2.49. The molecule has 1 aliphatic heterocycles. The predicted molar refractivity (Wildman–Crippen MR) is 51.3 cm³/mol. The van der Waals surface area contributed by atoms with Gasteiger partial charge in [-0.05, 0) is 25.3 Å². The van der Waals surface area contributed by atoms with E-state index in [-0.39, 0.29) is 0 Å². The Hall–Kier alpha value is -0.0800. The van der Waals surface area contributed by atoms with Crippen molar-refractivity contribution in [1.82, 2.24) is 10.2 Å². The number of rotatable bonds is 0. The van der Waals surface area contributed by atoms with Gasteiger partial charge in [-0.1, -0.05) is 12.8 Å². The summed E-state index contributed by atoms with van der Waals surface area (Å²) in [6.45, 7) is 4.98. The van der Waals surface area contributed by atoms with Gasteiger partial charge in [0.25, 0.3) is 0 Å². The molecule has 70 valence electrons. The first-order valence-electron chi connectivity index (χ1n) is 5.20. The number of nitrogens with zero attached hydrogens (tertiary/aromatic N) is 1. The second kappa shape index (κ2) is 3.35. The van der Waals surface area contributed by atoms with Crippen LogP contribution in [0.25, 0.3) is 0 Å². The molecule has 2 rings (SSSR count). The molecule has 2 fully saturated rings. The standard InChI is InChI=1S/C10H20N2/c1-12-7-6-11-8-10(9-12)4-2-3-5-10/h11H,2-9H2,1H3. The van der Waals surface area contributed by atoms with E-state index in [1.165, 1.54) is 51.9 Å². The van der Waals surface area contributed by atoms with E-state index in [1.807, 2.05) is 0 Å². The normalized spacial score (nSPS) is 30.8. The van der Waals surface area contributed by atoms with Gasteiger partial charge in [-0.2, -0.15) is 0 Å². The van der Waals surface area contributed by atoms with E-state index in [1.54, 1.807) is 0 Å². The largest absolute Gasteiger partial charge is 0.315 e. The predicted octanol–water partition coefficient (Wildman–Crippen LogP) is 1.08. The molecule has 0 atom stereocenters. The Morgan fingerprint density at radius 2 is 2.00 bits per heavy atom. The lowest BCUT2D eigenvalue weighted by atomic mass is 9.86. The molecule has 1 heterocycles. The van der Waals surface area contributed by atoms with Crippen molar-refractivity contribution in [3.8, 4) is 0 Å². The van der Waals surface area contributed by atoms with Crippen LogP contribution < -0.4 is 5.32 Å². The summed E-state index contributed by atoms with van der Waals surface area (Å²) in [5.41, 5.74) is 0.644. The van der Waals surface area contributed by atoms with Gasteiger partial charge in [-0.3, -0.25) is 0 Å². The minimum atomic E-state index is 0.644. The molecule has 0 radical (unpaired) electrons. The van der Waals surface area contributed by atoms with Crippen molar-refractivity contribution < 1.29 is 0 Å². The SMILES string of the molecule is CN1CCNCC2(CCCC2)C1. The van der Waals surface area contributed by atoms with Crippen molar-refractivity contribution in [1.29, 1.82) is 0 Å². The maximum atomic E-state index is 3.57. The molecule has 1 N–H and O–H groups in total. The van der Waals surface area contributed by atoms with E-state index >= 15 is 0 Å². The van der Waals surface area contributed by atoms with Gasteiger partial charge in [-0.15, -0.1) is 0 Å². The summed E-state index contributed by atoms with van der Waals surface area (Å²) in [6.07, 6.45) is 5.81. The van der Waals surface area contributed by atoms with Crippen LogP contribution in [0.3, 0.4) is 0 Å². The molecule has 0 aromatic heterocycles. The fourth-order valence-electron chi connectivity index (χ4n) is 2.79. The highest BCUT2D eigenvalue weighted by Gasteiger charge is 2.35. The first kappa shape index (κ1) is 8.52. The lowest BCUT2D eigenvalue weighted by Crippen LogP contribution is -2.35. The molecule has 1 spiro atoms. The van der Waals surface area contributed by atoms with Crippen LogP contribution in [0.15, 0.2) is 0 Å². The molecule has 0 amide bonds. The molecule has 2 nitrogen and oxygen atoms in total. The summed E-state index contributed by atoms with van der Waals surface area (Å²) in [5, 5.41) is 3.57. The highest BCUT2D eigenvalue weighted by molar-refractivity contribution is 4.90. The zero-order valence-corrected chi connectivity index (χ0v) is 8.10. The molecule has 12 heavy (non-hydrogen) atoms. The van der Waals surface area contributed by atoms with Crippen molar-refractivity contribution in [2.45, 2.75) is 25.7 Å². The van der Waals surface area contributed by atoms with Gasteiger partial charge in [0.2, 0.25) is 0 Å². The van der Waals surface area contributed by atoms with E-state index in [0.29, 0.717) is 5.41 Å². The Bertz CT molecular complexity index is 150. The first-order chi connectivity index (χ1) is 5.81. The topological polar surface area (TPSA) is 15.3 Å².